The number of nitrogens with one attached hydrogen (secondary N) is 1. The Balaban J connectivity index is 1.65. The molecule has 0 atom stereocenters. The SMILES string of the molecule is Clc1cccc(Cl)c1OCCCNC1CCCC1. The fraction of sp³-hybridized carbons (Fsp3) is 0.571. The fourth-order valence-corrected chi connectivity index (χ4v) is 2.81. The molecule has 0 spiro atoms. The van der Waals surface area contributed by atoms with Gasteiger partial charge in [0, 0.05) is 6.04 Å². The minimum absolute atomic E-state index is 0.575. The molecule has 0 aromatic heterocycles. The highest BCUT2D eigenvalue weighted by Gasteiger charge is 2.13. The minimum Gasteiger partial charge on any atom is -0.490 e. The second-order valence-corrected chi connectivity index (χ2v) is 5.50. The fourth-order valence-electron chi connectivity index (χ4n) is 2.30. The van der Waals surface area contributed by atoms with E-state index in [4.69, 9.17) is 27.9 Å². The highest BCUT2D eigenvalue weighted by molar-refractivity contribution is 6.37. The number of hydrogen-bond donors (Lipinski definition) is 1. The van der Waals surface area contributed by atoms with Gasteiger partial charge in [-0.25, -0.2) is 0 Å². The zero-order valence-electron chi connectivity index (χ0n) is 10.4. The van der Waals surface area contributed by atoms with Crippen molar-refractivity contribution in [3.8, 4) is 5.75 Å². The van der Waals surface area contributed by atoms with Crippen molar-refractivity contribution in [2.75, 3.05) is 13.2 Å². The Kier molecular flexibility index (Phi) is 5.61. The highest BCUT2D eigenvalue weighted by Crippen LogP contribution is 2.32. The van der Waals surface area contributed by atoms with E-state index >= 15 is 0 Å². The molecule has 1 fully saturated rings. The van der Waals surface area contributed by atoms with E-state index in [0.717, 1.165) is 13.0 Å². The summed E-state index contributed by atoms with van der Waals surface area (Å²) in [5.74, 6) is 0.599. The monoisotopic (exact) mass is 287 g/mol. The van der Waals surface area contributed by atoms with Gasteiger partial charge in [0.1, 0.15) is 0 Å². The third-order valence-electron chi connectivity index (χ3n) is 3.27. The number of para-hydroxylation sites is 1. The number of halogens is 2. The van der Waals surface area contributed by atoms with Crippen LogP contribution in [0.4, 0.5) is 0 Å². The number of rotatable bonds is 6. The predicted octanol–water partition coefficient (Wildman–Crippen LogP) is 4.29. The quantitative estimate of drug-likeness (QED) is 0.788. The Morgan fingerprint density at radius 1 is 1.17 bits per heavy atom. The zero-order chi connectivity index (χ0) is 12.8. The first-order chi connectivity index (χ1) is 8.77. The summed E-state index contributed by atoms with van der Waals surface area (Å²) in [5, 5.41) is 4.70. The van der Waals surface area contributed by atoms with Crippen LogP contribution in [0.25, 0.3) is 0 Å². The van der Waals surface area contributed by atoms with Crippen molar-refractivity contribution in [2.45, 2.75) is 38.1 Å². The van der Waals surface area contributed by atoms with Gasteiger partial charge in [0.05, 0.1) is 16.7 Å². The molecule has 0 saturated heterocycles. The molecule has 1 aromatic rings. The largest absolute Gasteiger partial charge is 0.490 e. The van der Waals surface area contributed by atoms with E-state index < -0.39 is 0 Å². The second-order valence-electron chi connectivity index (χ2n) is 4.69. The molecular weight excluding hydrogens is 269 g/mol. The van der Waals surface area contributed by atoms with Crippen LogP contribution in [0.1, 0.15) is 32.1 Å². The maximum absolute atomic E-state index is 6.02. The van der Waals surface area contributed by atoms with Gasteiger partial charge < -0.3 is 10.1 Å². The Labute approximate surface area is 119 Å². The Morgan fingerprint density at radius 3 is 2.50 bits per heavy atom. The van der Waals surface area contributed by atoms with E-state index in [0.29, 0.717) is 28.4 Å². The van der Waals surface area contributed by atoms with Crippen LogP contribution in [0.2, 0.25) is 10.0 Å². The summed E-state index contributed by atoms with van der Waals surface area (Å²) >= 11 is 12.0. The standard InChI is InChI=1S/C14H19Cl2NO/c15-12-7-3-8-13(16)14(12)18-10-4-9-17-11-5-1-2-6-11/h3,7-8,11,17H,1-2,4-6,9-10H2. The Bertz CT molecular complexity index is 358. The molecule has 0 aliphatic heterocycles. The van der Waals surface area contributed by atoms with Gasteiger partial charge >= 0.3 is 0 Å². The molecule has 0 heterocycles. The van der Waals surface area contributed by atoms with Crippen molar-refractivity contribution >= 4 is 23.2 Å². The predicted molar refractivity (Wildman–Crippen MR) is 76.8 cm³/mol. The first-order valence-corrected chi connectivity index (χ1v) is 7.33. The van der Waals surface area contributed by atoms with Crippen LogP contribution in [0.15, 0.2) is 18.2 Å². The lowest BCUT2D eigenvalue weighted by molar-refractivity contribution is 0.305. The summed E-state index contributed by atoms with van der Waals surface area (Å²) in [4.78, 5) is 0. The van der Waals surface area contributed by atoms with Crippen LogP contribution < -0.4 is 10.1 Å². The van der Waals surface area contributed by atoms with Crippen LogP contribution in [-0.4, -0.2) is 19.2 Å². The van der Waals surface area contributed by atoms with Gasteiger partial charge in [-0.3, -0.25) is 0 Å². The third kappa shape index (κ3) is 4.04. The van der Waals surface area contributed by atoms with Crippen LogP contribution in [0, 0.1) is 0 Å². The molecule has 0 radical (unpaired) electrons. The lowest BCUT2D eigenvalue weighted by Crippen LogP contribution is -2.27. The van der Waals surface area contributed by atoms with Crippen LogP contribution >= 0.6 is 23.2 Å². The van der Waals surface area contributed by atoms with Crippen LogP contribution in [0.3, 0.4) is 0 Å². The summed E-state index contributed by atoms with van der Waals surface area (Å²) in [5.41, 5.74) is 0. The van der Waals surface area contributed by atoms with E-state index in [-0.39, 0.29) is 0 Å². The van der Waals surface area contributed by atoms with Gasteiger partial charge in [-0.2, -0.15) is 0 Å². The smallest absolute Gasteiger partial charge is 0.156 e. The van der Waals surface area contributed by atoms with E-state index in [2.05, 4.69) is 5.32 Å². The average Bonchev–Trinajstić information content (AvgIpc) is 2.85. The zero-order valence-corrected chi connectivity index (χ0v) is 11.9. The molecule has 2 rings (SSSR count). The van der Waals surface area contributed by atoms with E-state index in [9.17, 15) is 0 Å². The number of benzene rings is 1. The first kappa shape index (κ1) is 14.0. The molecule has 0 unspecified atom stereocenters. The van der Waals surface area contributed by atoms with E-state index in [1.165, 1.54) is 25.7 Å². The van der Waals surface area contributed by atoms with E-state index in [1.807, 2.05) is 6.07 Å². The maximum Gasteiger partial charge on any atom is 0.156 e. The van der Waals surface area contributed by atoms with Gasteiger partial charge in [-0.1, -0.05) is 42.1 Å². The molecule has 1 aliphatic carbocycles. The van der Waals surface area contributed by atoms with E-state index in [1.54, 1.807) is 12.1 Å². The molecule has 1 aliphatic rings. The van der Waals surface area contributed by atoms with Crippen molar-refractivity contribution in [1.29, 1.82) is 0 Å². The molecule has 1 saturated carbocycles. The molecule has 2 nitrogen and oxygen atoms in total. The first-order valence-electron chi connectivity index (χ1n) is 6.57. The van der Waals surface area contributed by atoms with Gasteiger partial charge in [0.15, 0.2) is 5.75 Å². The molecule has 18 heavy (non-hydrogen) atoms. The maximum atomic E-state index is 6.02. The average molecular weight is 288 g/mol. The molecular formula is C14H19Cl2NO. The summed E-state index contributed by atoms with van der Waals surface area (Å²) in [7, 11) is 0. The van der Waals surface area contributed by atoms with Gasteiger partial charge in [-0.05, 0) is 37.9 Å². The molecule has 0 amide bonds. The summed E-state index contributed by atoms with van der Waals surface area (Å²) in [6.45, 7) is 1.63. The molecule has 4 heteroatoms. The Hall–Kier alpha value is -0.440. The lowest BCUT2D eigenvalue weighted by Gasteiger charge is -2.13. The molecule has 1 N–H and O–H groups in total. The molecule has 1 aromatic carbocycles. The summed E-state index contributed by atoms with van der Waals surface area (Å²) < 4.78 is 5.63. The third-order valence-corrected chi connectivity index (χ3v) is 3.87. The minimum atomic E-state index is 0.575. The number of ether oxygens (including phenoxy) is 1. The van der Waals surface area contributed by atoms with Crippen LogP contribution in [0.5, 0.6) is 5.75 Å². The lowest BCUT2D eigenvalue weighted by atomic mass is 10.2. The normalized spacial score (nSPS) is 16.1. The molecule has 0 bridgehead atoms. The van der Waals surface area contributed by atoms with Crippen molar-refractivity contribution in [2.24, 2.45) is 0 Å². The van der Waals surface area contributed by atoms with Crippen molar-refractivity contribution in [3.05, 3.63) is 28.2 Å². The number of hydrogen-bond acceptors (Lipinski definition) is 2. The van der Waals surface area contributed by atoms with Gasteiger partial charge in [-0.15, -0.1) is 0 Å². The van der Waals surface area contributed by atoms with Crippen LogP contribution in [-0.2, 0) is 0 Å². The van der Waals surface area contributed by atoms with Gasteiger partial charge in [0.2, 0.25) is 0 Å². The second kappa shape index (κ2) is 7.22. The van der Waals surface area contributed by atoms with Gasteiger partial charge in [0.25, 0.3) is 0 Å². The molecule has 100 valence electrons. The summed E-state index contributed by atoms with van der Waals surface area (Å²) in [6, 6.07) is 6.12. The topological polar surface area (TPSA) is 21.3 Å². The Morgan fingerprint density at radius 2 is 1.83 bits per heavy atom. The van der Waals surface area contributed by atoms with Crippen molar-refractivity contribution < 1.29 is 4.74 Å². The summed E-state index contributed by atoms with van der Waals surface area (Å²) in [6.07, 6.45) is 6.33. The van der Waals surface area contributed by atoms with Crippen molar-refractivity contribution in [1.82, 2.24) is 5.32 Å². The van der Waals surface area contributed by atoms with Crippen molar-refractivity contribution in [3.63, 3.8) is 0 Å². The highest BCUT2D eigenvalue weighted by atomic mass is 35.5.